The lowest BCUT2D eigenvalue weighted by Gasteiger charge is -2.44. The first-order chi connectivity index (χ1) is 13.8. The second-order valence-corrected chi connectivity index (χ2v) is 6.56. The molecule has 28 heavy (non-hydrogen) atoms. The molecule has 2 fully saturated rings. The summed E-state index contributed by atoms with van der Waals surface area (Å²) < 4.78 is 23.3. The molecule has 144 valence electrons. The summed E-state index contributed by atoms with van der Waals surface area (Å²) >= 11 is 0. The van der Waals surface area contributed by atoms with Gasteiger partial charge in [-0.3, -0.25) is 0 Å². The van der Waals surface area contributed by atoms with Crippen molar-refractivity contribution in [2.45, 2.75) is 30.6 Å². The molecule has 0 aromatic heterocycles. The van der Waals surface area contributed by atoms with E-state index in [2.05, 4.69) is 10.0 Å². The number of hydrogen-bond donors (Lipinski definition) is 0. The molecule has 8 nitrogen and oxygen atoms in total. The van der Waals surface area contributed by atoms with Crippen molar-refractivity contribution in [1.29, 1.82) is 0 Å². The van der Waals surface area contributed by atoms with Crippen LogP contribution in [-0.4, -0.2) is 43.5 Å². The highest BCUT2D eigenvalue weighted by molar-refractivity contribution is 5.89. The Bertz CT molecular complexity index is 857. The van der Waals surface area contributed by atoms with Crippen molar-refractivity contribution in [1.82, 2.24) is 0 Å². The van der Waals surface area contributed by atoms with Crippen LogP contribution in [0.4, 0.5) is 0 Å². The summed E-state index contributed by atoms with van der Waals surface area (Å²) in [5.74, 6) is -0.504. The summed E-state index contributed by atoms with van der Waals surface area (Å²) in [5, 5.41) is 3.76. The van der Waals surface area contributed by atoms with E-state index in [1.165, 1.54) is 0 Å². The predicted molar refractivity (Wildman–Crippen MR) is 98.3 cm³/mol. The molecule has 0 saturated carbocycles. The fourth-order valence-corrected chi connectivity index (χ4v) is 3.38. The largest absolute Gasteiger partial charge is 0.455 e. The third kappa shape index (κ3) is 3.85. The molecule has 2 aromatic rings. The first kappa shape index (κ1) is 18.5. The Morgan fingerprint density at radius 3 is 2.46 bits per heavy atom. The van der Waals surface area contributed by atoms with Gasteiger partial charge in [0.15, 0.2) is 6.29 Å². The molecule has 2 heterocycles. The molecule has 0 radical (unpaired) electrons. The van der Waals surface area contributed by atoms with Crippen LogP contribution >= 0.6 is 0 Å². The van der Waals surface area contributed by atoms with E-state index in [1.807, 2.05) is 36.4 Å². The standard InChI is InChI=1S/C20H19N3O5/c21-23-22-15-11-25-16-12-26-20(14-9-5-2-6-10-14)28-18(16)17(15)27-19(24)13-7-3-1-4-8-13/h1-10,15-18,20H,11-12H2/t15?,16?,17-,18-,20?/m1/s1. The topological polar surface area (TPSA) is 103 Å². The summed E-state index contributed by atoms with van der Waals surface area (Å²) in [6, 6.07) is 17.4. The lowest BCUT2D eigenvalue weighted by molar-refractivity contribution is -0.301. The maximum atomic E-state index is 12.6. The van der Waals surface area contributed by atoms with Crippen molar-refractivity contribution >= 4 is 5.97 Å². The lowest BCUT2D eigenvalue weighted by atomic mass is 9.97. The van der Waals surface area contributed by atoms with Gasteiger partial charge in [0.1, 0.15) is 24.4 Å². The normalized spacial score (nSPS) is 29.2. The lowest BCUT2D eigenvalue weighted by Crippen LogP contribution is -2.59. The molecule has 2 aromatic carbocycles. The van der Waals surface area contributed by atoms with Crippen LogP contribution in [0.25, 0.3) is 10.4 Å². The van der Waals surface area contributed by atoms with E-state index in [0.717, 1.165) is 5.56 Å². The maximum absolute atomic E-state index is 12.6. The Labute approximate surface area is 161 Å². The Morgan fingerprint density at radius 2 is 1.75 bits per heavy atom. The molecule has 8 heteroatoms. The van der Waals surface area contributed by atoms with Gasteiger partial charge in [0.25, 0.3) is 0 Å². The van der Waals surface area contributed by atoms with Crippen molar-refractivity contribution in [3.63, 3.8) is 0 Å². The fourth-order valence-electron chi connectivity index (χ4n) is 3.38. The molecule has 0 bridgehead atoms. The van der Waals surface area contributed by atoms with Crippen LogP contribution in [-0.2, 0) is 18.9 Å². The van der Waals surface area contributed by atoms with Crippen molar-refractivity contribution in [3.8, 4) is 0 Å². The molecular formula is C20H19N3O5. The molecular weight excluding hydrogens is 362 g/mol. The smallest absolute Gasteiger partial charge is 0.338 e. The molecule has 4 rings (SSSR count). The zero-order valence-corrected chi connectivity index (χ0v) is 15.0. The maximum Gasteiger partial charge on any atom is 0.338 e. The van der Waals surface area contributed by atoms with E-state index in [-0.39, 0.29) is 13.2 Å². The number of azide groups is 1. The van der Waals surface area contributed by atoms with E-state index >= 15 is 0 Å². The van der Waals surface area contributed by atoms with Crippen LogP contribution in [0.3, 0.4) is 0 Å². The van der Waals surface area contributed by atoms with Crippen LogP contribution in [0.2, 0.25) is 0 Å². The molecule has 2 aliphatic rings. The number of nitrogens with zero attached hydrogens (tertiary/aromatic N) is 3. The number of rotatable bonds is 4. The Balaban J connectivity index is 1.57. The van der Waals surface area contributed by atoms with Crippen molar-refractivity contribution in [3.05, 3.63) is 82.2 Å². The van der Waals surface area contributed by atoms with Crippen molar-refractivity contribution in [2.24, 2.45) is 5.11 Å². The summed E-state index contributed by atoms with van der Waals surface area (Å²) in [6.45, 7) is 0.410. The van der Waals surface area contributed by atoms with E-state index in [1.54, 1.807) is 24.3 Å². The highest BCUT2D eigenvalue weighted by Crippen LogP contribution is 2.34. The number of hydrogen-bond acceptors (Lipinski definition) is 6. The first-order valence-corrected chi connectivity index (χ1v) is 9.00. The van der Waals surface area contributed by atoms with Crippen LogP contribution in [0.5, 0.6) is 0 Å². The monoisotopic (exact) mass is 381 g/mol. The van der Waals surface area contributed by atoms with E-state index in [0.29, 0.717) is 5.56 Å². The van der Waals surface area contributed by atoms with Crippen LogP contribution in [0.15, 0.2) is 65.8 Å². The van der Waals surface area contributed by atoms with Gasteiger partial charge in [-0.25, -0.2) is 4.79 Å². The van der Waals surface area contributed by atoms with Gasteiger partial charge in [0.2, 0.25) is 0 Å². The zero-order valence-electron chi connectivity index (χ0n) is 15.0. The van der Waals surface area contributed by atoms with Gasteiger partial charge in [-0.2, -0.15) is 0 Å². The van der Waals surface area contributed by atoms with Gasteiger partial charge in [-0.1, -0.05) is 53.6 Å². The molecule has 2 saturated heterocycles. The summed E-state index contributed by atoms with van der Waals surface area (Å²) in [4.78, 5) is 15.5. The number of carbonyl (C=O) groups is 1. The number of ether oxygens (including phenoxy) is 4. The van der Waals surface area contributed by atoms with E-state index in [9.17, 15) is 4.79 Å². The highest BCUT2D eigenvalue weighted by Gasteiger charge is 2.47. The SMILES string of the molecule is [N-]=[N+]=NC1COC2COC(c3ccccc3)O[C@H]2[C@@H]1OC(=O)c1ccccc1. The molecule has 0 amide bonds. The molecule has 0 N–H and O–H groups in total. The first-order valence-electron chi connectivity index (χ1n) is 9.00. The van der Waals surface area contributed by atoms with Crippen molar-refractivity contribution in [2.75, 3.05) is 13.2 Å². The second-order valence-electron chi connectivity index (χ2n) is 6.56. The van der Waals surface area contributed by atoms with Gasteiger partial charge in [-0.15, -0.1) is 0 Å². The summed E-state index contributed by atoms with van der Waals surface area (Å²) in [7, 11) is 0. The Morgan fingerprint density at radius 1 is 1.04 bits per heavy atom. The Hall–Kier alpha value is -2.90. The minimum atomic E-state index is -0.780. The second kappa shape index (κ2) is 8.41. The van der Waals surface area contributed by atoms with Gasteiger partial charge < -0.3 is 18.9 Å². The van der Waals surface area contributed by atoms with E-state index < -0.39 is 36.6 Å². The predicted octanol–water partition coefficient (Wildman–Crippen LogP) is 3.40. The number of esters is 1. The van der Waals surface area contributed by atoms with Gasteiger partial charge in [0.05, 0.1) is 18.8 Å². The van der Waals surface area contributed by atoms with Gasteiger partial charge >= 0.3 is 5.97 Å². The number of benzene rings is 2. The Kier molecular flexibility index (Phi) is 5.55. The minimum absolute atomic E-state index is 0.126. The van der Waals surface area contributed by atoms with Crippen LogP contribution in [0, 0.1) is 0 Å². The molecule has 3 unspecified atom stereocenters. The summed E-state index contributed by atoms with van der Waals surface area (Å²) in [6.07, 6.45) is -2.43. The number of fused-ring (bicyclic) bond motifs is 1. The third-order valence-electron chi connectivity index (χ3n) is 4.77. The van der Waals surface area contributed by atoms with Crippen LogP contribution in [0.1, 0.15) is 22.2 Å². The molecule has 0 spiro atoms. The molecule has 5 atom stereocenters. The fraction of sp³-hybridized carbons (Fsp3) is 0.350. The average molecular weight is 381 g/mol. The number of carbonyl (C=O) groups excluding carboxylic acids is 1. The van der Waals surface area contributed by atoms with Crippen molar-refractivity contribution < 1.29 is 23.7 Å². The van der Waals surface area contributed by atoms with Gasteiger partial charge in [0, 0.05) is 10.5 Å². The highest BCUT2D eigenvalue weighted by atomic mass is 16.7. The average Bonchev–Trinajstić information content (AvgIpc) is 2.76. The quantitative estimate of drug-likeness (QED) is 0.349. The van der Waals surface area contributed by atoms with Crippen LogP contribution < -0.4 is 0 Å². The third-order valence-corrected chi connectivity index (χ3v) is 4.77. The minimum Gasteiger partial charge on any atom is -0.455 e. The molecule has 0 aliphatic carbocycles. The van der Waals surface area contributed by atoms with Gasteiger partial charge in [-0.05, 0) is 17.7 Å². The zero-order chi connectivity index (χ0) is 19.3. The van der Waals surface area contributed by atoms with E-state index in [4.69, 9.17) is 24.5 Å². The summed E-state index contributed by atoms with van der Waals surface area (Å²) in [5.41, 5.74) is 10.2. The molecule has 2 aliphatic heterocycles.